The van der Waals surface area contributed by atoms with Crippen LogP contribution in [0.25, 0.3) is 0 Å². The minimum atomic E-state index is 0.148. The second-order valence-corrected chi connectivity index (χ2v) is 4.58. The molecular formula is C12H14BrNO. The normalized spacial score (nSPS) is 17.9. The predicted molar refractivity (Wildman–Crippen MR) is 65.6 cm³/mol. The van der Waals surface area contributed by atoms with Gasteiger partial charge in [-0.3, -0.25) is 4.99 Å². The van der Waals surface area contributed by atoms with E-state index in [1.54, 1.807) is 0 Å². The summed E-state index contributed by atoms with van der Waals surface area (Å²) in [6.45, 7) is 0.688. The fraction of sp³-hybridized carbons (Fsp3) is 0.417. The second-order valence-electron chi connectivity index (χ2n) is 3.73. The number of fused-ring (bicyclic) bond motifs is 1. The van der Waals surface area contributed by atoms with Crippen LogP contribution in [-0.4, -0.2) is 24.0 Å². The molecule has 15 heavy (non-hydrogen) atoms. The molecule has 1 aromatic rings. The summed E-state index contributed by atoms with van der Waals surface area (Å²) in [5.41, 5.74) is 4.00. The lowest BCUT2D eigenvalue weighted by molar-refractivity contribution is 0.306. The molecule has 0 bridgehead atoms. The van der Waals surface area contributed by atoms with Crippen molar-refractivity contribution in [3.63, 3.8) is 0 Å². The van der Waals surface area contributed by atoms with Gasteiger partial charge >= 0.3 is 0 Å². The van der Waals surface area contributed by atoms with Crippen molar-refractivity contribution in [1.29, 1.82) is 0 Å². The summed E-state index contributed by atoms with van der Waals surface area (Å²) in [6, 6.07) is 6.32. The summed E-state index contributed by atoms with van der Waals surface area (Å²) >= 11 is 3.57. The molecule has 3 heteroatoms. The number of rotatable bonds is 2. The van der Waals surface area contributed by atoms with Crippen molar-refractivity contribution in [2.45, 2.75) is 19.3 Å². The summed E-state index contributed by atoms with van der Waals surface area (Å²) in [6.07, 6.45) is 3.02. The van der Waals surface area contributed by atoms with E-state index in [4.69, 9.17) is 5.11 Å². The van der Waals surface area contributed by atoms with Gasteiger partial charge in [0.05, 0.1) is 13.2 Å². The van der Waals surface area contributed by atoms with Crippen LogP contribution in [0.3, 0.4) is 0 Å². The molecule has 0 aromatic heterocycles. The Labute approximate surface area is 98.2 Å². The fourth-order valence-corrected chi connectivity index (χ4v) is 2.58. The van der Waals surface area contributed by atoms with Crippen molar-refractivity contribution < 1.29 is 5.11 Å². The highest BCUT2D eigenvalue weighted by molar-refractivity contribution is 9.10. The molecule has 2 rings (SSSR count). The van der Waals surface area contributed by atoms with Crippen LogP contribution in [0.15, 0.2) is 27.7 Å². The van der Waals surface area contributed by atoms with Gasteiger partial charge in [-0.25, -0.2) is 0 Å². The number of hydrogen-bond donors (Lipinski definition) is 1. The zero-order chi connectivity index (χ0) is 10.7. The van der Waals surface area contributed by atoms with Crippen LogP contribution in [0.5, 0.6) is 0 Å². The van der Waals surface area contributed by atoms with Crippen LogP contribution in [0.4, 0.5) is 0 Å². The third kappa shape index (κ3) is 2.47. The average molecular weight is 268 g/mol. The van der Waals surface area contributed by atoms with E-state index in [-0.39, 0.29) is 6.61 Å². The highest BCUT2D eigenvalue weighted by Gasteiger charge is 2.15. The second kappa shape index (κ2) is 4.90. The molecule has 0 saturated carbocycles. The fourth-order valence-electron chi connectivity index (χ4n) is 1.97. The zero-order valence-corrected chi connectivity index (χ0v) is 10.1. The first-order valence-corrected chi connectivity index (χ1v) is 6.00. The molecule has 0 saturated heterocycles. The number of nitrogens with zero attached hydrogens (tertiary/aromatic N) is 1. The summed E-state index contributed by atoms with van der Waals surface area (Å²) in [7, 11) is 0. The summed E-state index contributed by atoms with van der Waals surface area (Å²) in [5.74, 6) is 0. The molecule has 0 atom stereocenters. The molecule has 1 aromatic carbocycles. The van der Waals surface area contributed by atoms with Gasteiger partial charge in [-0.1, -0.05) is 28.1 Å². The molecule has 0 radical (unpaired) electrons. The first-order valence-electron chi connectivity index (χ1n) is 5.20. The summed E-state index contributed by atoms with van der Waals surface area (Å²) < 4.78 is 1.21. The zero-order valence-electron chi connectivity index (χ0n) is 8.54. The van der Waals surface area contributed by atoms with Crippen molar-refractivity contribution in [3.05, 3.63) is 33.8 Å². The Kier molecular flexibility index (Phi) is 3.54. The SMILES string of the molecule is OCCN=C1CCc2c(Br)cccc2C1. The Morgan fingerprint density at radius 2 is 2.20 bits per heavy atom. The summed E-state index contributed by atoms with van der Waals surface area (Å²) in [4.78, 5) is 4.38. The van der Waals surface area contributed by atoms with Crippen molar-refractivity contribution in [2.24, 2.45) is 4.99 Å². The van der Waals surface area contributed by atoms with Gasteiger partial charge in [0.25, 0.3) is 0 Å². The van der Waals surface area contributed by atoms with E-state index in [0.29, 0.717) is 6.54 Å². The van der Waals surface area contributed by atoms with E-state index in [1.165, 1.54) is 21.3 Å². The Morgan fingerprint density at radius 1 is 1.33 bits per heavy atom. The molecular weight excluding hydrogens is 254 g/mol. The molecule has 0 aliphatic heterocycles. The molecule has 80 valence electrons. The molecule has 0 spiro atoms. The topological polar surface area (TPSA) is 32.6 Å². The Balaban J connectivity index is 2.20. The maximum Gasteiger partial charge on any atom is 0.0626 e. The highest BCUT2D eigenvalue weighted by atomic mass is 79.9. The van der Waals surface area contributed by atoms with Gasteiger partial charge in [-0.15, -0.1) is 0 Å². The van der Waals surface area contributed by atoms with Crippen molar-refractivity contribution in [1.82, 2.24) is 0 Å². The van der Waals surface area contributed by atoms with Crippen LogP contribution >= 0.6 is 15.9 Å². The van der Waals surface area contributed by atoms with Gasteiger partial charge in [0.1, 0.15) is 0 Å². The smallest absolute Gasteiger partial charge is 0.0626 e. The molecule has 1 aliphatic rings. The Morgan fingerprint density at radius 3 is 3.00 bits per heavy atom. The van der Waals surface area contributed by atoms with Gasteiger partial charge < -0.3 is 5.11 Å². The van der Waals surface area contributed by atoms with E-state index in [9.17, 15) is 0 Å². The maximum atomic E-state index is 8.72. The van der Waals surface area contributed by atoms with Crippen LogP contribution in [0.2, 0.25) is 0 Å². The first kappa shape index (κ1) is 10.8. The third-order valence-electron chi connectivity index (χ3n) is 2.71. The number of aliphatic hydroxyl groups is 1. The minimum absolute atomic E-state index is 0.148. The van der Waals surface area contributed by atoms with Crippen molar-refractivity contribution in [2.75, 3.05) is 13.2 Å². The van der Waals surface area contributed by atoms with Crippen molar-refractivity contribution >= 4 is 21.6 Å². The standard InChI is InChI=1S/C12H14BrNO/c13-12-3-1-2-9-8-10(14-6-7-15)4-5-11(9)12/h1-3,15H,4-8H2. The van der Waals surface area contributed by atoms with E-state index in [0.717, 1.165) is 19.3 Å². The van der Waals surface area contributed by atoms with Crippen LogP contribution in [0.1, 0.15) is 17.5 Å². The molecule has 0 fully saturated rings. The average Bonchev–Trinajstić information content (AvgIpc) is 2.26. The maximum absolute atomic E-state index is 8.72. The lowest BCUT2D eigenvalue weighted by atomic mass is 9.90. The minimum Gasteiger partial charge on any atom is -0.394 e. The Hall–Kier alpha value is -0.670. The van der Waals surface area contributed by atoms with Gasteiger partial charge in [0.2, 0.25) is 0 Å². The van der Waals surface area contributed by atoms with Gasteiger partial charge in [-0.05, 0) is 30.0 Å². The van der Waals surface area contributed by atoms with E-state index in [2.05, 4.69) is 39.1 Å². The van der Waals surface area contributed by atoms with E-state index < -0.39 is 0 Å². The first-order chi connectivity index (χ1) is 7.31. The predicted octanol–water partition coefficient (Wildman–Crippen LogP) is 2.37. The van der Waals surface area contributed by atoms with Crippen molar-refractivity contribution in [3.8, 4) is 0 Å². The number of halogens is 1. The molecule has 0 amide bonds. The number of aliphatic hydroxyl groups excluding tert-OH is 1. The van der Waals surface area contributed by atoms with Gasteiger partial charge in [0.15, 0.2) is 0 Å². The monoisotopic (exact) mass is 267 g/mol. The number of benzene rings is 1. The number of hydrogen-bond acceptors (Lipinski definition) is 2. The highest BCUT2D eigenvalue weighted by Crippen LogP contribution is 2.26. The molecule has 0 unspecified atom stereocenters. The lowest BCUT2D eigenvalue weighted by Gasteiger charge is -2.18. The molecule has 1 aliphatic carbocycles. The largest absolute Gasteiger partial charge is 0.394 e. The lowest BCUT2D eigenvalue weighted by Crippen LogP contribution is -2.15. The summed E-state index contributed by atoms with van der Waals surface area (Å²) in [5, 5.41) is 8.72. The van der Waals surface area contributed by atoms with E-state index in [1.807, 2.05) is 0 Å². The van der Waals surface area contributed by atoms with E-state index >= 15 is 0 Å². The van der Waals surface area contributed by atoms with Crippen LogP contribution in [-0.2, 0) is 12.8 Å². The van der Waals surface area contributed by atoms with Gasteiger partial charge in [0, 0.05) is 16.6 Å². The molecule has 1 N–H and O–H groups in total. The van der Waals surface area contributed by atoms with Crippen LogP contribution < -0.4 is 0 Å². The molecule has 2 nitrogen and oxygen atoms in total. The third-order valence-corrected chi connectivity index (χ3v) is 3.45. The van der Waals surface area contributed by atoms with Gasteiger partial charge in [-0.2, -0.15) is 0 Å². The number of aliphatic imine (C=N–C) groups is 1. The quantitative estimate of drug-likeness (QED) is 0.877. The Bertz CT molecular complexity index is 387. The van der Waals surface area contributed by atoms with Crippen LogP contribution in [0, 0.1) is 0 Å². The molecule has 0 heterocycles.